The van der Waals surface area contributed by atoms with Crippen molar-refractivity contribution in [1.29, 1.82) is 0 Å². The van der Waals surface area contributed by atoms with Crippen molar-refractivity contribution < 1.29 is 14.3 Å². The van der Waals surface area contributed by atoms with Crippen LogP contribution < -0.4 is 5.73 Å². The Bertz CT molecular complexity index is 779. The van der Waals surface area contributed by atoms with E-state index in [-0.39, 0.29) is 18.0 Å². The smallest absolute Gasteiger partial charge is 0.254 e. The van der Waals surface area contributed by atoms with Gasteiger partial charge in [0.25, 0.3) is 5.91 Å². The van der Waals surface area contributed by atoms with Crippen molar-refractivity contribution in [3.63, 3.8) is 0 Å². The summed E-state index contributed by atoms with van der Waals surface area (Å²) in [5, 5.41) is 0. The molecule has 1 amide bonds. The van der Waals surface area contributed by atoms with E-state index < -0.39 is 5.60 Å². The monoisotopic (exact) mass is 357 g/mol. The number of methoxy groups -OCH3 is 1. The standard InChI is InChI=1S/C18H23N5O3/c1-18(2,25-3)16(24)23-7-8-26-15(11-23)14-6-4-5-13(22-14)12-9-20-17(19)21-10-12/h4-6,9-10,15H,7-8,11H2,1-3H3,(H2,19,20,21)/t15-/m1/s1. The van der Waals surface area contributed by atoms with E-state index in [2.05, 4.69) is 15.0 Å². The zero-order valence-electron chi connectivity index (χ0n) is 15.2. The number of aromatic nitrogens is 3. The summed E-state index contributed by atoms with van der Waals surface area (Å²) >= 11 is 0. The number of amides is 1. The van der Waals surface area contributed by atoms with Crippen LogP contribution in [0.25, 0.3) is 11.3 Å². The van der Waals surface area contributed by atoms with Crippen LogP contribution in [0.15, 0.2) is 30.6 Å². The van der Waals surface area contributed by atoms with Crippen LogP contribution in [0.5, 0.6) is 0 Å². The van der Waals surface area contributed by atoms with E-state index in [9.17, 15) is 4.79 Å². The molecule has 0 unspecified atom stereocenters. The summed E-state index contributed by atoms with van der Waals surface area (Å²) in [6, 6.07) is 5.66. The third kappa shape index (κ3) is 3.81. The van der Waals surface area contributed by atoms with Crippen molar-refractivity contribution >= 4 is 11.9 Å². The molecule has 0 spiro atoms. The number of morpholine rings is 1. The molecular formula is C18H23N5O3. The van der Waals surface area contributed by atoms with Gasteiger partial charge in [0.15, 0.2) is 0 Å². The molecule has 0 aromatic carbocycles. The Labute approximate surface area is 152 Å². The minimum Gasteiger partial charge on any atom is -0.369 e. The average molecular weight is 357 g/mol. The van der Waals surface area contributed by atoms with E-state index >= 15 is 0 Å². The Morgan fingerprint density at radius 2 is 2.08 bits per heavy atom. The van der Waals surface area contributed by atoms with Gasteiger partial charge in [-0.3, -0.25) is 4.79 Å². The Morgan fingerprint density at radius 3 is 2.77 bits per heavy atom. The molecule has 0 saturated carbocycles. The first kappa shape index (κ1) is 18.2. The van der Waals surface area contributed by atoms with Crippen LogP contribution in [0.4, 0.5) is 5.95 Å². The van der Waals surface area contributed by atoms with Crippen molar-refractivity contribution in [2.24, 2.45) is 0 Å². The molecule has 2 aromatic rings. The van der Waals surface area contributed by atoms with Crippen LogP contribution in [-0.2, 0) is 14.3 Å². The van der Waals surface area contributed by atoms with Crippen molar-refractivity contribution in [1.82, 2.24) is 19.9 Å². The van der Waals surface area contributed by atoms with Gasteiger partial charge < -0.3 is 20.1 Å². The first-order chi connectivity index (χ1) is 12.4. The lowest BCUT2D eigenvalue weighted by molar-refractivity contribution is -0.158. The second-order valence-corrected chi connectivity index (χ2v) is 6.60. The number of nitrogens with two attached hydrogens (primary N) is 1. The van der Waals surface area contributed by atoms with Gasteiger partial charge in [-0.1, -0.05) is 6.07 Å². The number of anilines is 1. The summed E-state index contributed by atoms with van der Waals surface area (Å²) in [6.07, 6.45) is 2.97. The second-order valence-electron chi connectivity index (χ2n) is 6.60. The lowest BCUT2D eigenvalue weighted by atomic mass is 10.1. The number of nitrogen functional groups attached to an aromatic ring is 1. The number of carbonyl (C=O) groups is 1. The van der Waals surface area contributed by atoms with Gasteiger partial charge in [-0.2, -0.15) is 0 Å². The number of pyridine rings is 1. The largest absolute Gasteiger partial charge is 0.369 e. The van der Waals surface area contributed by atoms with E-state index in [0.29, 0.717) is 19.7 Å². The van der Waals surface area contributed by atoms with Gasteiger partial charge in [-0.25, -0.2) is 15.0 Å². The zero-order chi connectivity index (χ0) is 18.7. The van der Waals surface area contributed by atoms with Gasteiger partial charge in [0.2, 0.25) is 5.95 Å². The van der Waals surface area contributed by atoms with E-state index in [1.807, 2.05) is 18.2 Å². The van der Waals surface area contributed by atoms with Gasteiger partial charge in [0, 0.05) is 31.6 Å². The molecule has 8 nitrogen and oxygen atoms in total. The van der Waals surface area contributed by atoms with E-state index in [1.54, 1.807) is 31.1 Å². The van der Waals surface area contributed by atoms with Crippen LogP contribution >= 0.6 is 0 Å². The maximum Gasteiger partial charge on any atom is 0.254 e. The fourth-order valence-electron chi connectivity index (χ4n) is 2.74. The fraction of sp³-hybridized carbons (Fsp3) is 0.444. The number of carbonyl (C=O) groups excluding carboxylic acids is 1. The molecule has 0 bridgehead atoms. The van der Waals surface area contributed by atoms with Crippen molar-refractivity contribution in [3.05, 3.63) is 36.3 Å². The first-order valence-electron chi connectivity index (χ1n) is 8.41. The molecule has 1 fully saturated rings. The zero-order valence-corrected chi connectivity index (χ0v) is 15.2. The molecule has 0 radical (unpaired) electrons. The molecule has 1 aliphatic rings. The summed E-state index contributed by atoms with van der Waals surface area (Å²) in [6.45, 7) is 4.95. The second kappa shape index (κ2) is 7.35. The third-order valence-corrected chi connectivity index (χ3v) is 4.45. The van der Waals surface area contributed by atoms with Crippen molar-refractivity contribution in [2.75, 3.05) is 32.5 Å². The van der Waals surface area contributed by atoms with Gasteiger partial charge in [-0.05, 0) is 26.0 Å². The highest BCUT2D eigenvalue weighted by atomic mass is 16.5. The van der Waals surface area contributed by atoms with Crippen LogP contribution in [0.1, 0.15) is 25.6 Å². The molecule has 138 valence electrons. The first-order valence-corrected chi connectivity index (χ1v) is 8.41. The van der Waals surface area contributed by atoms with Crippen LogP contribution in [0.3, 0.4) is 0 Å². The summed E-state index contributed by atoms with van der Waals surface area (Å²) in [7, 11) is 1.54. The summed E-state index contributed by atoms with van der Waals surface area (Å²) in [5.41, 5.74) is 6.92. The molecule has 2 aromatic heterocycles. The van der Waals surface area contributed by atoms with Crippen LogP contribution in [0, 0.1) is 0 Å². The number of hydrogen-bond donors (Lipinski definition) is 1. The highest BCUT2D eigenvalue weighted by Crippen LogP contribution is 2.25. The minimum absolute atomic E-state index is 0.0589. The lowest BCUT2D eigenvalue weighted by Crippen LogP contribution is -2.51. The molecule has 1 aliphatic heterocycles. The number of nitrogens with zero attached hydrogens (tertiary/aromatic N) is 4. The van der Waals surface area contributed by atoms with E-state index in [0.717, 1.165) is 17.0 Å². The van der Waals surface area contributed by atoms with Gasteiger partial charge in [0.1, 0.15) is 11.7 Å². The molecule has 1 saturated heterocycles. The maximum absolute atomic E-state index is 12.6. The molecule has 2 N–H and O–H groups in total. The molecule has 3 heterocycles. The van der Waals surface area contributed by atoms with Crippen LogP contribution in [-0.4, -0.2) is 58.2 Å². The molecule has 26 heavy (non-hydrogen) atoms. The SMILES string of the molecule is COC(C)(C)C(=O)N1CCO[C@@H](c2cccc(-c3cnc(N)nc3)n2)C1. The predicted molar refractivity (Wildman–Crippen MR) is 96.0 cm³/mol. The third-order valence-electron chi connectivity index (χ3n) is 4.45. The fourth-order valence-corrected chi connectivity index (χ4v) is 2.74. The minimum atomic E-state index is -0.863. The summed E-state index contributed by atoms with van der Waals surface area (Å²) in [4.78, 5) is 27.1. The van der Waals surface area contributed by atoms with Gasteiger partial charge in [0.05, 0.1) is 24.5 Å². The van der Waals surface area contributed by atoms with Gasteiger partial charge >= 0.3 is 0 Å². The summed E-state index contributed by atoms with van der Waals surface area (Å²) < 4.78 is 11.2. The normalized spacial score (nSPS) is 18.0. The number of rotatable bonds is 4. The highest BCUT2D eigenvalue weighted by Gasteiger charge is 2.35. The summed E-state index contributed by atoms with van der Waals surface area (Å²) in [5.74, 6) is 0.159. The predicted octanol–water partition coefficient (Wildman–Crippen LogP) is 1.45. The number of ether oxygens (including phenoxy) is 2. The van der Waals surface area contributed by atoms with Crippen molar-refractivity contribution in [3.8, 4) is 11.3 Å². The lowest BCUT2D eigenvalue weighted by Gasteiger charge is -2.36. The molecule has 1 atom stereocenters. The Hall–Kier alpha value is -2.58. The van der Waals surface area contributed by atoms with E-state index in [4.69, 9.17) is 15.2 Å². The maximum atomic E-state index is 12.6. The highest BCUT2D eigenvalue weighted by molar-refractivity contribution is 5.84. The Balaban J connectivity index is 1.79. The topological polar surface area (TPSA) is 103 Å². The average Bonchev–Trinajstić information content (AvgIpc) is 2.68. The Kier molecular flexibility index (Phi) is 5.15. The number of hydrogen-bond acceptors (Lipinski definition) is 7. The van der Waals surface area contributed by atoms with Crippen LogP contribution in [0.2, 0.25) is 0 Å². The molecule has 3 rings (SSSR count). The van der Waals surface area contributed by atoms with Crippen molar-refractivity contribution in [2.45, 2.75) is 25.6 Å². The molecule has 0 aliphatic carbocycles. The molecular weight excluding hydrogens is 334 g/mol. The van der Waals surface area contributed by atoms with E-state index in [1.165, 1.54) is 7.11 Å². The quantitative estimate of drug-likeness (QED) is 0.883. The Morgan fingerprint density at radius 1 is 1.35 bits per heavy atom. The molecule has 8 heteroatoms. The van der Waals surface area contributed by atoms with Gasteiger partial charge in [-0.15, -0.1) is 0 Å².